The number of nitrogens with one attached hydrogen (secondary N) is 2. The first-order valence-electron chi connectivity index (χ1n) is 8.03. The standard InChI is InChI=1S/C20H17N5O/c1-13-3-4-14(2)17(9-13)25-19-12-22-18(11-23-19)20(26)24-16-7-5-15(10-21)6-8-16/h3-9,11-12H,1-2H3,(H,23,25)(H,24,26). The number of hydrogen-bond donors (Lipinski definition) is 2. The fourth-order valence-corrected chi connectivity index (χ4v) is 2.34. The van der Waals surface area contributed by atoms with Crippen LogP contribution < -0.4 is 10.6 Å². The zero-order valence-corrected chi connectivity index (χ0v) is 14.4. The van der Waals surface area contributed by atoms with Crippen LogP contribution in [-0.4, -0.2) is 15.9 Å². The molecule has 6 nitrogen and oxygen atoms in total. The summed E-state index contributed by atoms with van der Waals surface area (Å²) in [4.78, 5) is 20.7. The van der Waals surface area contributed by atoms with E-state index < -0.39 is 0 Å². The lowest BCUT2D eigenvalue weighted by atomic mass is 10.1. The number of aryl methyl sites for hydroxylation is 2. The van der Waals surface area contributed by atoms with Gasteiger partial charge in [0, 0.05) is 11.4 Å². The Morgan fingerprint density at radius 1 is 1.04 bits per heavy atom. The number of nitriles is 1. The lowest BCUT2D eigenvalue weighted by molar-refractivity contribution is 0.102. The van der Waals surface area contributed by atoms with E-state index in [-0.39, 0.29) is 11.6 Å². The monoisotopic (exact) mass is 343 g/mol. The third-order valence-corrected chi connectivity index (χ3v) is 3.81. The van der Waals surface area contributed by atoms with Gasteiger partial charge in [-0.25, -0.2) is 9.97 Å². The van der Waals surface area contributed by atoms with Crippen LogP contribution in [0, 0.1) is 25.2 Å². The Morgan fingerprint density at radius 2 is 1.81 bits per heavy atom. The van der Waals surface area contributed by atoms with E-state index in [1.165, 1.54) is 12.4 Å². The Morgan fingerprint density at radius 3 is 2.46 bits per heavy atom. The summed E-state index contributed by atoms with van der Waals surface area (Å²) in [7, 11) is 0. The predicted molar refractivity (Wildman–Crippen MR) is 100 cm³/mol. The normalized spacial score (nSPS) is 10.0. The lowest BCUT2D eigenvalue weighted by Gasteiger charge is -2.10. The third-order valence-electron chi connectivity index (χ3n) is 3.81. The highest BCUT2D eigenvalue weighted by Gasteiger charge is 2.09. The average molecular weight is 343 g/mol. The molecule has 0 saturated heterocycles. The van der Waals surface area contributed by atoms with Gasteiger partial charge in [-0.3, -0.25) is 4.79 Å². The molecule has 0 aliphatic heterocycles. The molecule has 0 aliphatic carbocycles. The first kappa shape index (κ1) is 17.1. The van der Waals surface area contributed by atoms with Gasteiger partial charge < -0.3 is 10.6 Å². The van der Waals surface area contributed by atoms with Crippen molar-refractivity contribution in [3.05, 3.63) is 77.2 Å². The van der Waals surface area contributed by atoms with Gasteiger partial charge in [-0.05, 0) is 55.3 Å². The van der Waals surface area contributed by atoms with Crippen molar-refractivity contribution in [2.24, 2.45) is 0 Å². The minimum atomic E-state index is -0.361. The van der Waals surface area contributed by atoms with Gasteiger partial charge >= 0.3 is 0 Å². The maximum atomic E-state index is 12.2. The minimum Gasteiger partial charge on any atom is -0.339 e. The van der Waals surface area contributed by atoms with E-state index >= 15 is 0 Å². The van der Waals surface area contributed by atoms with Crippen molar-refractivity contribution < 1.29 is 4.79 Å². The Balaban J connectivity index is 1.69. The Labute approximate surface area is 151 Å². The van der Waals surface area contributed by atoms with Gasteiger partial charge in [-0.15, -0.1) is 0 Å². The van der Waals surface area contributed by atoms with Gasteiger partial charge in [-0.2, -0.15) is 5.26 Å². The molecule has 0 bridgehead atoms. The summed E-state index contributed by atoms with van der Waals surface area (Å²) in [6, 6.07) is 14.7. The second-order valence-corrected chi connectivity index (χ2v) is 5.87. The number of carbonyl (C=O) groups is 1. The van der Waals surface area contributed by atoms with Crippen molar-refractivity contribution in [3.8, 4) is 6.07 Å². The topological polar surface area (TPSA) is 90.7 Å². The Hall–Kier alpha value is -3.72. The number of benzene rings is 2. The van der Waals surface area contributed by atoms with Crippen LogP contribution in [0.5, 0.6) is 0 Å². The molecule has 0 fully saturated rings. The number of carbonyl (C=O) groups excluding carboxylic acids is 1. The van der Waals surface area contributed by atoms with Gasteiger partial charge in [0.2, 0.25) is 0 Å². The number of hydrogen-bond acceptors (Lipinski definition) is 5. The highest BCUT2D eigenvalue weighted by molar-refractivity contribution is 6.02. The molecule has 0 aliphatic rings. The summed E-state index contributed by atoms with van der Waals surface area (Å²) in [6.07, 6.45) is 2.95. The molecule has 2 aromatic carbocycles. The number of anilines is 3. The predicted octanol–water partition coefficient (Wildman–Crippen LogP) is 3.96. The average Bonchev–Trinajstić information content (AvgIpc) is 2.66. The van der Waals surface area contributed by atoms with E-state index in [1.54, 1.807) is 24.3 Å². The van der Waals surface area contributed by atoms with Gasteiger partial charge in [-0.1, -0.05) is 12.1 Å². The molecule has 0 spiro atoms. The maximum Gasteiger partial charge on any atom is 0.275 e. The Bertz CT molecular complexity index is 973. The van der Waals surface area contributed by atoms with Crippen molar-refractivity contribution in [2.75, 3.05) is 10.6 Å². The van der Waals surface area contributed by atoms with Crippen LogP contribution in [0.2, 0.25) is 0 Å². The molecule has 0 radical (unpaired) electrons. The number of nitrogens with zero attached hydrogens (tertiary/aromatic N) is 3. The molecule has 128 valence electrons. The zero-order valence-electron chi connectivity index (χ0n) is 14.4. The maximum absolute atomic E-state index is 12.2. The van der Waals surface area contributed by atoms with E-state index in [9.17, 15) is 4.79 Å². The summed E-state index contributed by atoms with van der Waals surface area (Å²) >= 11 is 0. The molecule has 1 amide bonds. The molecule has 3 rings (SSSR count). The molecular weight excluding hydrogens is 326 g/mol. The van der Waals surface area contributed by atoms with E-state index in [4.69, 9.17) is 5.26 Å². The molecule has 0 unspecified atom stereocenters. The molecule has 2 N–H and O–H groups in total. The molecule has 0 atom stereocenters. The van der Waals surface area contributed by atoms with E-state index in [0.29, 0.717) is 17.1 Å². The van der Waals surface area contributed by atoms with Crippen molar-refractivity contribution >= 4 is 23.1 Å². The van der Waals surface area contributed by atoms with Crippen molar-refractivity contribution in [3.63, 3.8) is 0 Å². The fourth-order valence-electron chi connectivity index (χ4n) is 2.34. The second-order valence-electron chi connectivity index (χ2n) is 5.87. The number of amides is 1. The Kier molecular flexibility index (Phi) is 4.90. The highest BCUT2D eigenvalue weighted by Crippen LogP contribution is 2.20. The van der Waals surface area contributed by atoms with E-state index in [1.807, 2.05) is 38.1 Å². The molecule has 3 aromatic rings. The largest absolute Gasteiger partial charge is 0.339 e. The summed E-state index contributed by atoms with van der Waals surface area (Å²) in [6.45, 7) is 4.03. The van der Waals surface area contributed by atoms with E-state index in [0.717, 1.165) is 16.8 Å². The van der Waals surface area contributed by atoms with Crippen molar-refractivity contribution in [2.45, 2.75) is 13.8 Å². The van der Waals surface area contributed by atoms with Crippen LogP contribution in [0.4, 0.5) is 17.2 Å². The SMILES string of the molecule is Cc1ccc(C)c(Nc2cnc(C(=O)Nc3ccc(C#N)cc3)cn2)c1. The summed E-state index contributed by atoms with van der Waals surface area (Å²) < 4.78 is 0. The smallest absolute Gasteiger partial charge is 0.275 e. The number of aromatic nitrogens is 2. The molecule has 1 heterocycles. The molecule has 0 saturated carbocycles. The van der Waals surface area contributed by atoms with Crippen LogP contribution in [0.3, 0.4) is 0 Å². The van der Waals surface area contributed by atoms with Crippen LogP contribution >= 0.6 is 0 Å². The summed E-state index contributed by atoms with van der Waals surface area (Å²) in [5.41, 5.74) is 4.53. The highest BCUT2D eigenvalue weighted by atomic mass is 16.1. The molecule has 1 aromatic heterocycles. The summed E-state index contributed by atoms with van der Waals surface area (Å²) in [5.74, 6) is 0.203. The third kappa shape index (κ3) is 4.02. The molecule has 6 heteroatoms. The zero-order chi connectivity index (χ0) is 18.5. The van der Waals surface area contributed by atoms with E-state index in [2.05, 4.69) is 20.6 Å². The van der Waals surface area contributed by atoms with Crippen LogP contribution in [0.1, 0.15) is 27.2 Å². The molecule has 26 heavy (non-hydrogen) atoms. The first-order valence-corrected chi connectivity index (χ1v) is 8.03. The fraction of sp³-hybridized carbons (Fsp3) is 0.100. The van der Waals surface area contributed by atoms with Crippen LogP contribution in [-0.2, 0) is 0 Å². The quantitative estimate of drug-likeness (QED) is 0.748. The molecular formula is C20H17N5O. The van der Waals surface area contributed by atoms with Crippen LogP contribution in [0.15, 0.2) is 54.9 Å². The number of rotatable bonds is 4. The first-order chi connectivity index (χ1) is 12.5. The van der Waals surface area contributed by atoms with Gasteiger partial charge in [0.25, 0.3) is 5.91 Å². The van der Waals surface area contributed by atoms with Gasteiger partial charge in [0.15, 0.2) is 0 Å². The lowest BCUT2D eigenvalue weighted by Crippen LogP contribution is -2.14. The minimum absolute atomic E-state index is 0.209. The van der Waals surface area contributed by atoms with Gasteiger partial charge in [0.1, 0.15) is 11.5 Å². The van der Waals surface area contributed by atoms with Crippen molar-refractivity contribution in [1.82, 2.24) is 9.97 Å². The van der Waals surface area contributed by atoms with Gasteiger partial charge in [0.05, 0.1) is 24.0 Å². The second kappa shape index (κ2) is 7.45. The van der Waals surface area contributed by atoms with Crippen LogP contribution in [0.25, 0.3) is 0 Å². The summed E-state index contributed by atoms with van der Waals surface area (Å²) in [5, 5.41) is 14.7. The van der Waals surface area contributed by atoms with Crippen molar-refractivity contribution in [1.29, 1.82) is 5.26 Å².